The molecule has 110 valence electrons. The molecule has 0 bridgehead atoms. The molecule has 1 N–H and O–H groups in total. The van der Waals surface area contributed by atoms with Crippen LogP contribution in [0.2, 0.25) is 0 Å². The molecule has 0 aromatic carbocycles. The number of piperidine rings is 1. The van der Waals surface area contributed by atoms with Crippen LogP contribution in [0.15, 0.2) is 0 Å². The van der Waals surface area contributed by atoms with Gasteiger partial charge in [0.25, 0.3) is 0 Å². The summed E-state index contributed by atoms with van der Waals surface area (Å²) in [6, 6.07) is 0. The Labute approximate surface area is 113 Å². The van der Waals surface area contributed by atoms with E-state index in [9.17, 15) is 9.90 Å². The summed E-state index contributed by atoms with van der Waals surface area (Å²) in [7, 11) is 0. The number of aliphatic hydroxyl groups excluding tert-OH is 1. The van der Waals surface area contributed by atoms with Crippen molar-refractivity contribution in [2.24, 2.45) is 0 Å². The third-order valence-electron chi connectivity index (χ3n) is 3.06. The van der Waals surface area contributed by atoms with Gasteiger partial charge in [0.05, 0.1) is 13.1 Å². The molecule has 0 aromatic heterocycles. The van der Waals surface area contributed by atoms with Crippen molar-refractivity contribution in [3.8, 4) is 0 Å². The fourth-order valence-corrected chi connectivity index (χ4v) is 2.43. The van der Waals surface area contributed by atoms with Gasteiger partial charge < -0.3 is 24.2 Å². The summed E-state index contributed by atoms with van der Waals surface area (Å²) in [5, 5.41) is 10.1. The summed E-state index contributed by atoms with van der Waals surface area (Å²) >= 11 is 0. The van der Waals surface area contributed by atoms with Crippen molar-refractivity contribution in [1.29, 1.82) is 0 Å². The van der Waals surface area contributed by atoms with Gasteiger partial charge in [0.2, 0.25) is 0 Å². The highest BCUT2D eigenvalue weighted by Crippen LogP contribution is 2.33. The number of likely N-dealkylation sites (tertiary alicyclic amines) is 1. The summed E-state index contributed by atoms with van der Waals surface area (Å²) in [5.41, 5.74) is -0.550. The molecule has 2 heterocycles. The molecule has 6 nitrogen and oxygen atoms in total. The summed E-state index contributed by atoms with van der Waals surface area (Å²) in [5.74, 6) is -0.722. The summed E-state index contributed by atoms with van der Waals surface area (Å²) < 4.78 is 16.7. The van der Waals surface area contributed by atoms with Gasteiger partial charge in [-0.25, -0.2) is 4.79 Å². The highest BCUT2D eigenvalue weighted by Gasteiger charge is 2.49. The van der Waals surface area contributed by atoms with Gasteiger partial charge in [0.15, 0.2) is 5.79 Å². The van der Waals surface area contributed by atoms with Crippen LogP contribution in [0.25, 0.3) is 0 Å². The van der Waals surface area contributed by atoms with Crippen LogP contribution >= 0.6 is 0 Å². The number of nitrogens with zero attached hydrogens (tertiary/aromatic N) is 1. The highest BCUT2D eigenvalue weighted by molar-refractivity contribution is 5.68. The molecule has 2 fully saturated rings. The van der Waals surface area contributed by atoms with Crippen molar-refractivity contribution in [3.05, 3.63) is 0 Å². The van der Waals surface area contributed by atoms with E-state index in [1.165, 1.54) is 4.90 Å². The second-order valence-electron chi connectivity index (χ2n) is 6.59. The molecule has 0 saturated carbocycles. The maximum Gasteiger partial charge on any atom is 0.410 e. The van der Waals surface area contributed by atoms with Gasteiger partial charge in [0, 0.05) is 0 Å². The number of β-amino-alcohol motifs (C(OH)–C–C–N with tert-alkyl or cyclic N) is 1. The van der Waals surface area contributed by atoms with Crippen LogP contribution in [-0.2, 0) is 14.2 Å². The zero-order valence-electron chi connectivity index (χ0n) is 12.2. The lowest BCUT2D eigenvalue weighted by Gasteiger charge is -2.37. The summed E-state index contributed by atoms with van der Waals surface area (Å²) in [4.78, 5) is 13.5. The van der Waals surface area contributed by atoms with Crippen LogP contribution in [0.4, 0.5) is 4.79 Å². The first-order valence-corrected chi connectivity index (χ1v) is 6.59. The Balaban J connectivity index is 2.02. The van der Waals surface area contributed by atoms with E-state index < -0.39 is 23.6 Å². The molecule has 2 saturated heterocycles. The molecule has 0 aliphatic carbocycles. The Bertz CT molecular complexity index is 363. The predicted octanol–water partition coefficient (Wildman–Crippen LogP) is 1.12. The van der Waals surface area contributed by atoms with Gasteiger partial charge in [0.1, 0.15) is 23.9 Å². The molecular formula is C13H23NO5. The number of carbonyl (C=O) groups excluding carboxylic acids is 1. The molecule has 19 heavy (non-hydrogen) atoms. The fraction of sp³-hybridized carbons (Fsp3) is 0.923. The zero-order valence-corrected chi connectivity index (χ0v) is 12.2. The maximum atomic E-state index is 12.0. The van der Waals surface area contributed by atoms with Crippen molar-refractivity contribution in [3.63, 3.8) is 0 Å². The number of fused-ring (bicyclic) bond motifs is 1. The Morgan fingerprint density at radius 3 is 2.53 bits per heavy atom. The first kappa shape index (κ1) is 14.6. The molecule has 3 atom stereocenters. The first-order chi connectivity index (χ1) is 8.57. The van der Waals surface area contributed by atoms with E-state index in [1.54, 1.807) is 13.8 Å². The van der Waals surface area contributed by atoms with E-state index in [2.05, 4.69) is 0 Å². The van der Waals surface area contributed by atoms with Crippen LogP contribution in [0, 0.1) is 0 Å². The lowest BCUT2D eigenvalue weighted by molar-refractivity contribution is -0.152. The molecule has 0 unspecified atom stereocenters. The van der Waals surface area contributed by atoms with Crippen LogP contribution in [0.5, 0.6) is 0 Å². The molecule has 2 rings (SSSR count). The van der Waals surface area contributed by atoms with Gasteiger partial charge in [-0.15, -0.1) is 0 Å². The smallest absolute Gasteiger partial charge is 0.410 e. The Morgan fingerprint density at radius 2 is 1.95 bits per heavy atom. The van der Waals surface area contributed by atoms with Crippen molar-refractivity contribution in [1.82, 2.24) is 4.90 Å². The van der Waals surface area contributed by atoms with Crippen LogP contribution in [0.3, 0.4) is 0 Å². The number of rotatable bonds is 0. The van der Waals surface area contributed by atoms with Crippen molar-refractivity contribution >= 4 is 6.09 Å². The Morgan fingerprint density at radius 1 is 1.32 bits per heavy atom. The number of aliphatic hydroxyl groups is 1. The monoisotopic (exact) mass is 273 g/mol. The molecule has 2 aliphatic heterocycles. The van der Waals surface area contributed by atoms with E-state index in [0.29, 0.717) is 6.54 Å². The largest absolute Gasteiger partial charge is 0.444 e. The average molecular weight is 273 g/mol. The van der Waals surface area contributed by atoms with E-state index >= 15 is 0 Å². The van der Waals surface area contributed by atoms with Crippen LogP contribution in [-0.4, -0.2) is 58.9 Å². The topological polar surface area (TPSA) is 68.2 Å². The summed E-state index contributed by atoms with van der Waals surface area (Å²) in [6.07, 6.45) is -1.88. The minimum Gasteiger partial charge on any atom is -0.444 e. The van der Waals surface area contributed by atoms with Gasteiger partial charge in [-0.1, -0.05) is 0 Å². The average Bonchev–Trinajstić information content (AvgIpc) is 2.50. The molecule has 2 aliphatic rings. The zero-order chi connectivity index (χ0) is 14.4. The predicted molar refractivity (Wildman–Crippen MR) is 67.6 cm³/mol. The van der Waals surface area contributed by atoms with E-state index in [0.717, 1.165) is 0 Å². The Hall–Kier alpha value is -0.850. The van der Waals surface area contributed by atoms with Crippen LogP contribution < -0.4 is 0 Å². The fourth-order valence-electron chi connectivity index (χ4n) is 2.43. The Kier molecular flexibility index (Phi) is 3.53. The number of hydrogen-bond acceptors (Lipinski definition) is 5. The summed E-state index contributed by atoms with van der Waals surface area (Å²) in [6.45, 7) is 9.62. The normalized spacial score (nSPS) is 34.0. The van der Waals surface area contributed by atoms with Gasteiger partial charge >= 0.3 is 6.09 Å². The number of carbonyl (C=O) groups is 1. The van der Waals surface area contributed by atoms with Crippen LogP contribution in [0.1, 0.15) is 34.6 Å². The lowest BCUT2D eigenvalue weighted by atomic mass is 10.0. The standard InChI is InChI=1S/C13H23NO5/c1-12(2,3)19-11(16)14-6-8(15)10-9(7-14)17-13(4,5)18-10/h8-10,15H,6-7H2,1-5H3/t8-,9-,10-/m1/s1. The van der Waals surface area contributed by atoms with E-state index in [1.807, 2.05) is 20.8 Å². The quantitative estimate of drug-likeness (QED) is 0.716. The molecule has 0 spiro atoms. The second-order valence-corrected chi connectivity index (χ2v) is 6.59. The van der Waals surface area contributed by atoms with Crippen molar-refractivity contribution in [2.45, 2.75) is 64.3 Å². The maximum absolute atomic E-state index is 12.0. The van der Waals surface area contributed by atoms with Gasteiger partial charge in [-0.3, -0.25) is 0 Å². The molecule has 0 aromatic rings. The lowest BCUT2D eigenvalue weighted by Crippen LogP contribution is -2.56. The third-order valence-corrected chi connectivity index (χ3v) is 3.06. The minimum absolute atomic E-state index is 0.204. The number of amides is 1. The first-order valence-electron chi connectivity index (χ1n) is 6.59. The highest BCUT2D eigenvalue weighted by atomic mass is 16.8. The van der Waals surface area contributed by atoms with E-state index in [-0.39, 0.29) is 18.8 Å². The van der Waals surface area contributed by atoms with E-state index in [4.69, 9.17) is 14.2 Å². The van der Waals surface area contributed by atoms with Crippen molar-refractivity contribution < 1.29 is 24.1 Å². The minimum atomic E-state index is -0.756. The molecule has 1 amide bonds. The molecule has 6 heteroatoms. The van der Waals surface area contributed by atoms with Gasteiger partial charge in [-0.2, -0.15) is 0 Å². The number of ether oxygens (including phenoxy) is 3. The van der Waals surface area contributed by atoms with Gasteiger partial charge in [-0.05, 0) is 34.6 Å². The third kappa shape index (κ3) is 3.38. The van der Waals surface area contributed by atoms with Crippen molar-refractivity contribution in [2.75, 3.05) is 13.1 Å². The second kappa shape index (κ2) is 4.61. The number of hydrogen-bond donors (Lipinski definition) is 1. The molecule has 0 radical (unpaired) electrons. The SMILES string of the molecule is CC(C)(C)OC(=O)N1C[C@@H](O)[C@H]2OC(C)(C)O[C@@H]2C1. The molecular weight excluding hydrogens is 250 g/mol.